The van der Waals surface area contributed by atoms with E-state index in [4.69, 9.17) is 0 Å². The van der Waals surface area contributed by atoms with Crippen molar-refractivity contribution in [2.75, 3.05) is 11.5 Å². The van der Waals surface area contributed by atoms with Gasteiger partial charge in [0.05, 0.1) is 11.5 Å². The van der Waals surface area contributed by atoms with Crippen LogP contribution in [-0.2, 0) is 16.3 Å². The van der Waals surface area contributed by atoms with Gasteiger partial charge in [-0.2, -0.15) is 0 Å². The fourth-order valence-electron chi connectivity index (χ4n) is 2.05. The van der Waals surface area contributed by atoms with Crippen molar-refractivity contribution in [1.82, 2.24) is 0 Å². The van der Waals surface area contributed by atoms with Crippen molar-refractivity contribution in [1.29, 1.82) is 0 Å². The Kier molecular flexibility index (Phi) is 3.67. The summed E-state index contributed by atoms with van der Waals surface area (Å²) in [6.45, 7) is 2.18. The second kappa shape index (κ2) is 5.05. The largest absolute Gasteiger partial charge is 0.228 e. The molecule has 2 rings (SSSR count). The van der Waals surface area contributed by atoms with E-state index in [0.717, 1.165) is 17.6 Å². The molecule has 0 radical (unpaired) electrons. The molecule has 1 aromatic rings. The molecule has 0 amide bonds. The van der Waals surface area contributed by atoms with Crippen molar-refractivity contribution < 1.29 is 8.42 Å². The highest BCUT2D eigenvalue weighted by Crippen LogP contribution is 2.23. The first-order valence-electron chi connectivity index (χ1n) is 6.09. The Morgan fingerprint density at radius 2 is 1.88 bits per heavy atom. The van der Waals surface area contributed by atoms with Crippen LogP contribution in [0, 0.1) is 0 Å². The first kappa shape index (κ1) is 12.4. The smallest absolute Gasteiger partial charge is 0.158 e. The Labute approximate surface area is 103 Å². The molecule has 0 fully saturated rings. The first-order valence-corrected chi connectivity index (χ1v) is 7.91. The van der Waals surface area contributed by atoms with E-state index in [0.29, 0.717) is 0 Å². The Bertz CT molecular complexity index is 510. The normalized spacial score (nSPS) is 18.1. The Hall–Kier alpha value is -1.09. The maximum absolute atomic E-state index is 11.4. The van der Waals surface area contributed by atoms with Crippen LogP contribution in [0.2, 0.25) is 0 Å². The van der Waals surface area contributed by atoms with Gasteiger partial charge in [-0.3, -0.25) is 0 Å². The highest BCUT2D eigenvalue weighted by atomic mass is 32.2. The quantitative estimate of drug-likeness (QED) is 0.823. The second-order valence-corrected chi connectivity index (χ2v) is 6.69. The summed E-state index contributed by atoms with van der Waals surface area (Å²) >= 11 is 0. The van der Waals surface area contributed by atoms with Gasteiger partial charge in [0.1, 0.15) is 0 Å². The van der Waals surface area contributed by atoms with E-state index in [1.165, 1.54) is 18.4 Å². The van der Waals surface area contributed by atoms with Crippen LogP contribution in [0.4, 0.5) is 0 Å². The maximum Gasteiger partial charge on any atom is 0.158 e. The van der Waals surface area contributed by atoms with Crippen LogP contribution in [0.5, 0.6) is 0 Å². The van der Waals surface area contributed by atoms with Crippen molar-refractivity contribution in [3.8, 4) is 0 Å². The molecular weight excluding hydrogens is 232 g/mol. The van der Waals surface area contributed by atoms with E-state index in [-0.39, 0.29) is 11.5 Å². The fourth-order valence-corrected chi connectivity index (χ4v) is 3.38. The second-order valence-electron chi connectivity index (χ2n) is 4.58. The van der Waals surface area contributed by atoms with Crippen LogP contribution in [0.1, 0.15) is 30.9 Å². The van der Waals surface area contributed by atoms with Gasteiger partial charge in [0.15, 0.2) is 9.84 Å². The SMILES string of the molecule is CCCCc1ccc(C2=CCS(=O)(=O)C2)cc1. The number of unbranched alkanes of at least 4 members (excludes halogenated alkanes) is 1. The summed E-state index contributed by atoms with van der Waals surface area (Å²) in [6.07, 6.45) is 5.34. The number of benzene rings is 1. The predicted molar refractivity (Wildman–Crippen MR) is 71.7 cm³/mol. The van der Waals surface area contributed by atoms with E-state index in [2.05, 4.69) is 19.1 Å². The molecule has 1 aliphatic rings. The predicted octanol–water partition coefficient (Wildman–Crippen LogP) is 2.84. The Balaban J connectivity index is 2.09. The summed E-state index contributed by atoms with van der Waals surface area (Å²) < 4.78 is 22.7. The lowest BCUT2D eigenvalue weighted by molar-refractivity contribution is 0.603. The van der Waals surface area contributed by atoms with Crippen LogP contribution < -0.4 is 0 Å². The van der Waals surface area contributed by atoms with Crippen molar-refractivity contribution >= 4 is 15.4 Å². The van der Waals surface area contributed by atoms with Crippen LogP contribution in [0.15, 0.2) is 30.3 Å². The maximum atomic E-state index is 11.4. The van der Waals surface area contributed by atoms with E-state index < -0.39 is 9.84 Å². The van der Waals surface area contributed by atoms with Gasteiger partial charge in [-0.25, -0.2) is 8.42 Å². The highest BCUT2D eigenvalue weighted by Gasteiger charge is 2.20. The molecule has 2 nitrogen and oxygen atoms in total. The number of sulfone groups is 1. The molecule has 0 spiro atoms. The molecule has 1 aliphatic heterocycles. The summed E-state index contributed by atoms with van der Waals surface area (Å²) in [6, 6.07) is 8.29. The zero-order valence-electron chi connectivity index (χ0n) is 10.1. The number of hydrogen-bond donors (Lipinski definition) is 0. The molecule has 92 valence electrons. The van der Waals surface area contributed by atoms with Crippen LogP contribution >= 0.6 is 0 Å². The molecule has 1 aromatic carbocycles. The lowest BCUT2D eigenvalue weighted by atomic mass is 10.0. The molecule has 3 heteroatoms. The number of hydrogen-bond acceptors (Lipinski definition) is 2. The van der Waals surface area contributed by atoms with Gasteiger partial charge in [-0.1, -0.05) is 43.7 Å². The molecular formula is C14H18O2S. The van der Waals surface area contributed by atoms with E-state index in [9.17, 15) is 8.42 Å². The summed E-state index contributed by atoms with van der Waals surface area (Å²) in [5.74, 6) is 0.390. The lowest BCUT2D eigenvalue weighted by Crippen LogP contribution is -2.02. The van der Waals surface area contributed by atoms with Crippen molar-refractivity contribution in [2.24, 2.45) is 0 Å². The zero-order valence-corrected chi connectivity index (χ0v) is 11.0. The average molecular weight is 250 g/mol. The molecule has 0 unspecified atom stereocenters. The van der Waals surface area contributed by atoms with Gasteiger partial charge in [0, 0.05) is 0 Å². The van der Waals surface area contributed by atoms with Gasteiger partial charge in [-0.15, -0.1) is 0 Å². The molecule has 0 N–H and O–H groups in total. The first-order chi connectivity index (χ1) is 8.11. The van der Waals surface area contributed by atoms with Gasteiger partial charge in [-0.05, 0) is 29.5 Å². The van der Waals surface area contributed by atoms with Gasteiger partial charge in [0.2, 0.25) is 0 Å². The highest BCUT2D eigenvalue weighted by molar-refractivity contribution is 7.92. The van der Waals surface area contributed by atoms with Crippen molar-refractivity contribution in [3.63, 3.8) is 0 Å². The topological polar surface area (TPSA) is 34.1 Å². The number of aryl methyl sites for hydroxylation is 1. The third-order valence-corrected chi connectivity index (χ3v) is 4.53. The molecule has 0 saturated carbocycles. The minimum atomic E-state index is -2.86. The summed E-state index contributed by atoms with van der Waals surface area (Å²) in [4.78, 5) is 0. The lowest BCUT2D eigenvalue weighted by Gasteiger charge is -2.04. The Morgan fingerprint density at radius 3 is 2.41 bits per heavy atom. The standard InChI is InChI=1S/C14H18O2S/c1-2-3-4-12-5-7-13(8-6-12)14-9-10-17(15,16)11-14/h5-9H,2-4,10-11H2,1H3. The van der Waals surface area contributed by atoms with Crippen LogP contribution in [0.3, 0.4) is 0 Å². The molecule has 0 atom stereocenters. The third-order valence-electron chi connectivity index (χ3n) is 3.10. The van der Waals surface area contributed by atoms with Gasteiger partial charge >= 0.3 is 0 Å². The van der Waals surface area contributed by atoms with Crippen LogP contribution in [0.25, 0.3) is 5.57 Å². The zero-order chi connectivity index (χ0) is 12.3. The van der Waals surface area contributed by atoms with Crippen molar-refractivity contribution in [3.05, 3.63) is 41.5 Å². The summed E-state index contributed by atoms with van der Waals surface area (Å²) in [5, 5.41) is 0. The minimum absolute atomic E-state index is 0.194. The van der Waals surface area contributed by atoms with E-state index in [1.54, 1.807) is 0 Å². The van der Waals surface area contributed by atoms with E-state index in [1.807, 2.05) is 18.2 Å². The van der Waals surface area contributed by atoms with Crippen LogP contribution in [-0.4, -0.2) is 19.9 Å². The summed E-state index contributed by atoms with van der Waals surface area (Å²) in [5.41, 5.74) is 3.33. The molecule has 17 heavy (non-hydrogen) atoms. The van der Waals surface area contributed by atoms with E-state index >= 15 is 0 Å². The minimum Gasteiger partial charge on any atom is -0.228 e. The summed E-state index contributed by atoms with van der Waals surface area (Å²) in [7, 11) is -2.86. The Morgan fingerprint density at radius 1 is 1.18 bits per heavy atom. The molecule has 0 saturated heterocycles. The molecule has 0 bridgehead atoms. The van der Waals surface area contributed by atoms with Crippen molar-refractivity contribution in [2.45, 2.75) is 26.2 Å². The molecule has 0 aliphatic carbocycles. The fraction of sp³-hybridized carbons (Fsp3) is 0.429. The third kappa shape index (κ3) is 3.19. The average Bonchev–Trinajstić information content (AvgIpc) is 2.68. The molecule has 0 aromatic heterocycles. The number of rotatable bonds is 4. The monoisotopic (exact) mass is 250 g/mol. The van der Waals surface area contributed by atoms with Gasteiger partial charge in [0.25, 0.3) is 0 Å². The van der Waals surface area contributed by atoms with Gasteiger partial charge < -0.3 is 0 Å². The molecule has 1 heterocycles.